The third-order valence-electron chi connectivity index (χ3n) is 6.89. The van der Waals surface area contributed by atoms with Crippen molar-refractivity contribution in [2.24, 2.45) is 0 Å². The number of hydrogen-bond donors (Lipinski definition) is 1. The Balaban J connectivity index is 1.47. The van der Waals surface area contributed by atoms with E-state index in [0.29, 0.717) is 6.54 Å². The largest absolute Gasteiger partial charge is 0.348 e. The number of hydrogen-bond acceptors (Lipinski definition) is 1. The number of benzene rings is 5. The lowest BCUT2D eigenvalue weighted by atomic mass is 9.92. The van der Waals surface area contributed by atoms with E-state index in [-0.39, 0.29) is 5.91 Å². The van der Waals surface area contributed by atoms with Crippen LogP contribution in [-0.2, 0) is 11.3 Å². The maximum atomic E-state index is 13.1. The molecule has 0 atom stereocenters. The van der Waals surface area contributed by atoms with Crippen molar-refractivity contribution >= 4 is 11.5 Å². The fraction of sp³-hybridized carbons (Fsp3) is 0.0833. The van der Waals surface area contributed by atoms with Crippen molar-refractivity contribution < 1.29 is 4.79 Å². The van der Waals surface area contributed by atoms with Gasteiger partial charge in [-0.2, -0.15) is 0 Å². The summed E-state index contributed by atoms with van der Waals surface area (Å²) in [6.07, 6.45) is 1.72. The van der Waals surface area contributed by atoms with Gasteiger partial charge in [0, 0.05) is 12.6 Å². The molecule has 2 nitrogen and oxygen atoms in total. The van der Waals surface area contributed by atoms with Gasteiger partial charge in [-0.05, 0) is 69.5 Å². The Bertz CT molecular complexity index is 1470. The smallest absolute Gasteiger partial charge is 0.244 e. The molecule has 186 valence electrons. The molecule has 1 amide bonds. The summed E-state index contributed by atoms with van der Waals surface area (Å²) >= 11 is 0. The second-order valence-corrected chi connectivity index (χ2v) is 9.55. The highest BCUT2D eigenvalue weighted by atomic mass is 16.1. The predicted octanol–water partition coefficient (Wildman–Crippen LogP) is 8.39. The van der Waals surface area contributed by atoms with Gasteiger partial charge in [0.05, 0.1) is 0 Å². The average Bonchev–Trinajstić information content (AvgIpc) is 2.96. The van der Waals surface area contributed by atoms with E-state index in [1.807, 2.05) is 30.3 Å². The van der Waals surface area contributed by atoms with Gasteiger partial charge in [0.1, 0.15) is 0 Å². The Morgan fingerprint density at radius 3 is 1.50 bits per heavy atom. The van der Waals surface area contributed by atoms with Crippen LogP contribution in [0.5, 0.6) is 0 Å². The Labute approximate surface area is 225 Å². The number of rotatable bonds is 7. The van der Waals surface area contributed by atoms with Crippen LogP contribution in [0.2, 0.25) is 0 Å². The minimum Gasteiger partial charge on any atom is -0.348 e. The average molecular weight is 494 g/mol. The van der Waals surface area contributed by atoms with Crippen molar-refractivity contribution in [3.63, 3.8) is 0 Å². The van der Waals surface area contributed by atoms with E-state index in [9.17, 15) is 4.79 Å². The first-order valence-electron chi connectivity index (χ1n) is 12.9. The van der Waals surface area contributed by atoms with E-state index >= 15 is 0 Å². The summed E-state index contributed by atoms with van der Waals surface area (Å²) in [6.45, 7) is 4.74. The maximum Gasteiger partial charge on any atom is 0.244 e. The summed E-state index contributed by atoms with van der Waals surface area (Å²) in [4.78, 5) is 13.1. The molecule has 0 heterocycles. The Kier molecular flexibility index (Phi) is 7.61. The van der Waals surface area contributed by atoms with E-state index in [1.165, 1.54) is 22.3 Å². The molecule has 5 aromatic carbocycles. The zero-order chi connectivity index (χ0) is 26.3. The van der Waals surface area contributed by atoms with Crippen LogP contribution in [0, 0.1) is 13.8 Å². The minimum absolute atomic E-state index is 0.116. The monoisotopic (exact) mass is 493 g/mol. The van der Waals surface area contributed by atoms with Crippen LogP contribution in [0.3, 0.4) is 0 Å². The van der Waals surface area contributed by atoms with E-state index in [0.717, 1.165) is 33.4 Å². The molecular formula is C36H31NO. The van der Waals surface area contributed by atoms with E-state index in [1.54, 1.807) is 6.08 Å². The van der Waals surface area contributed by atoms with Gasteiger partial charge in [0.2, 0.25) is 5.91 Å². The van der Waals surface area contributed by atoms with Crippen LogP contribution in [0.4, 0.5) is 0 Å². The van der Waals surface area contributed by atoms with Gasteiger partial charge in [0.25, 0.3) is 0 Å². The molecule has 0 unspecified atom stereocenters. The number of amides is 1. The first kappa shape index (κ1) is 25.0. The summed E-state index contributed by atoms with van der Waals surface area (Å²) < 4.78 is 0. The quantitative estimate of drug-likeness (QED) is 0.227. The third kappa shape index (κ3) is 5.82. The van der Waals surface area contributed by atoms with Gasteiger partial charge < -0.3 is 5.32 Å². The molecule has 0 radical (unpaired) electrons. The maximum absolute atomic E-state index is 13.1. The Morgan fingerprint density at radius 2 is 1.03 bits per heavy atom. The van der Waals surface area contributed by atoms with Gasteiger partial charge in [-0.1, -0.05) is 127 Å². The molecule has 2 heteroatoms. The summed E-state index contributed by atoms with van der Waals surface area (Å²) in [5.41, 5.74) is 11.2. The van der Waals surface area contributed by atoms with Crippen molar-refractivity contribution in [1.29, 1.82) is 0 Å². The molecule has 0 saturated carbocycles. The molecule has 1 N–H and O–H groups in total. The van der Waals surface area contributed by atoms with Crippen LogP contribution in [0.15, 0.2) is 133 Å². The standard InChI is InChI=1S/C36H31NO/c1-26-10-6-8-14-33(26)29-16-20-31(21-17-29)35(24-36(38)37-25-28-12-4-3-5-13-28)32-22-18-30(19-23-32)34-15-9-7-11-27(34)2/h3-24H,25H2,1-2H3,(H,37,38). The summed E-state index contributed by atoms with van der Waals surface area (Å²) in [5, 5.41) is 3.04. The Hall–Kier alpha value is -4.69. The first-order chi connectivity index (χ1) is 18.6. The molecular weight excluding hydrogens is 462 g/mol. The van der Waals surface area contributed by atoms with Crippen molar-refractivity contribution in [3.05, 3.63) is 161 Å². The van der Waals surface area contributed by atoms with Crippen LogP contribution in [0.1, 0.15) is 27.8 Å². The van der Waals surface area contributed by atoms with Gasteiger partial charge >= 0.3 is 0 Å². The molecule has 5 rings (SSSR count). The molecule has 0 aromatic heterocycles. The lowest BCUT2D eigenvalue weighted by Gasteiger charge is -2.13. The van der Waals surface area contributed by atoms with E-state index in [2.05, 4.69) is 116 Å². The highest BCUT2D eigenvalue weighted by molar-refractivity contribution is 5.99. The van der Waals surface area contributed by atoms with E-state index in [4.69, 9.17) is 0 Å². The van der Waals surface area contributed by atoms with Gasteiger partial charge in [0.15, 0.2) is 0 Å². The predicted molar refractivity (Wildman–Crippen MR) is 159 cm³/mol. The zero-order valence-electron chi connectivity index (χ0n) is 21.8. The molecule has 0 aliphatic carbocycles. The van der Waals surface area contributed by atoms with Crippen LogP contribution < -0.4 is 5.32 Å². The normalized spacial score (nSPS) is 10.6. The topological polar surface area (TPSA) is 29.1 Å². The fourth-order valence-electron chi connectivity index (χ4n) is 4.75. The SMILES string of the molecule is Cc1ccccc1-c1ccc(C(=CC(=O)NCc2ccccc2)c2ccc(-c3ccccc3C)cc2)cc1. The van der Waals surface area contributed by atoms with Gasteiger partial charge in [-0.15, -0.1) is 0 Å². The van der Waals surface area contributed by atoms with Gasteiger partial charge in [-0.25, -0.2) is 0 Å². The lowest BCUT2D eigenvalue weighted by molar-refractivity contribution is -0.116. The molecule has 38 heavy (non-hydrogen) atoms. The number of nitrogens with one attached hydrogen (secondary N) is 1. The fourth-order valence-corrected chi connectivity index (χ4v) is 4.75. The number of carbonyl (C=O) groups is 1. The number of carbonyl (C=O) groups excluding carboxylic acids is 1. The highest BCUT2D eigenvalue weighted by Gasteiger charge is 2.11. The molecule has 0 saturated heterocycles. The molecule has 5 aromatic rings. The van der Waals surface area contributed by atoms with Crippen LogP contribution in [-0.4, -0.2) is 5.91 Å². The van der Waals surface area contributed by atoms with Crippen LogP contribution in [0.25, 0.3) is 27.8 Å². The second kappa shape index (κ2) is 11.6. The molecule has 0 fully saturated rings. The Morgan fingerprint density at radius 1 is 0.579 bits per heavy atom. The molecule has 0 spiro atoms. The van der Waals surface area contributed by atoms with Crippen molar-refractivity contribution in [3.8, 4) is 22.3 Å². The summed E-state index contributed by atoms with van der Waals surface area (Å²) in [7, 11) is 0. The van der Waals surface area contributed by atoms with Gasteiger partial charge in [-0.3, -0.25) is 4.79 Å². The first-order valence-corrected chi connectivity index (χ1v) is 12.9. The summed E-state index contributed by atoms with van der Waals surface area (Å²) in [6, 6.07) is 43.7. The molecule has 0 aliphatic heterocycles. The zero-order valence-corrected chi connectivity index (χ0v) is 21.8. The van der Waals surface area contributed by atoms with E-state index < -0.39 is 0 Å². The minimum atomic E-state index is -0.116. The summed E-state index contributed by atoms with van der Waals surface area (Å²) in [5.74, 6) is -0.116. The molecule has 0 aliphatic rings. The molecule has 0 bridgehead atoms. The van der Waals surface area contributed by atoms with Crippen molar-refractivity contribution in [1.82, 2.24) is 5.32 Å². The van der Waals surface area contributed by atoms with Crippen molar-refractivity contribution in [2.45, 2.75) is 20.4 Å². The van der Waals surface area contributed by atoms with Crippen LogP contribution >= 0.6 is 0 Å². The number of aryl methyl sites for hydroxylation is 2. The van der Waals surface area contributed by atoms with Crippen molar-refractivity contribution in [2.75, 3.05) is 0 Å². The second-order valence-electron chi connectivity index (χ2n) is 9.55. The third-order valence-corrected chi connectivity index (χ3v) is 6.89. The highest BCUT2D eigenvalue weighted by Crippen LogP contribution is 2.30. The lowest BCUT2D eigenvalue weighted by Crippen LogP contribution is -2.20.